The lowest BCUT2D eigenvalue weighted by Crippen LogP contribution is -2.31. The van der Waals surface area contributed by atoms with Crippen molar-refractivity contribution in [1.29, 1.82) is 0 Å². The number of rotatable bonds is 6. The van der Waals surface area contributed by atoms with Crippen LogP contribution in [-0.4, -0.2) is 48.2 Å². The van der Waals surface area contributed by atoms with E-state index in [0.29, 0.717) is 17.7 Å². The molecule has 1 heterocycles. The minimum absolute atomic E-state index is 0.554. The molecule has 0 aliphatic carbocycles. The van der Waals surface area contributed by atoms with Crippen LogP contribution in [0.3, 0.4) is 0 Å². The monoisotopic (exact) mass is 224 g/mol. The summed E-state index contributed by atoms with van der Waals surface area (Å²) in [6.45, 7) is 6.14. The predicted octanol–water partition coefficient (Wildman–Crippen LogP) is 1.24. The van der Waals surface area contributed by atoms with Crippen molar-refractivity contribution in [3.63, 3.8) is 0 Å². The van der Waals surface area contributed by atoms with Crippen LogP contribution in [0, 0.1) is 0 Å². The molecule has 1 N–H and O–H groups in total. The van der Waals surface area contributed by atoms with E-state index in [2.05, 4.69) is 41.1 Å². The van der Waals surface area contributed by atoms with E-state index in [1.165, 1.54) is 0 Å². The summed E-state index contributed by atoms with van der Waals surface area (Å²) in [5.74, 6) is 1.31. The van der Waals surface area contributed by atoms with Gasteiger partial charge in [-0.2, -0.15) is 0 Å². The maximum atomic E-state index is 4.98. The molecule has 0 saturated heterocycles. The summed E-state index contributed by atoms with van der Waals surface area (Å²) in [5, 5.41) is 3.16. The van der Waals surface area contributed by atoms with Crippen LogP contribution in [0.15, 0.2) is 12.4 Å². The summed E-state index contributed by atoms with van der Waals surface area (Å²) in [6, 6.07) is 0.554. The smallest absolute Gasteiger partial charge is 0.222 e. The third-order valence-electron chi connectivity index (χ3n) is 2.49. The van der Waals surface area contributed by atoms with E-state index in [9.17, 15) is 0 Å². The first kappa shape index (κ1) is 12.7. The Morgan fingerprint density at radius 1 is 1.38 bits per heavy atom. The molecule has 0 aliphatic heterocycles. The maximum absolute atomic E-state index is 4.98. The summed E-state index contributed by atoms with van der Waals surface area (Å²) in [6.07, 6.45) is 3.31. The van der Waals surface area contributed by atoms with Gasteiger partial charge < -0.3 is 15.0 Å². The summed E-state index contributed by atoms with van der Waals surface area (Å²) >= 11 is 0. The molecule has 0 bridgehead atoms. The van der Waals surface area contributed by atoms with Gasteiger partial charge in [-0.25, -0.2) is 9.97 Å². The van der Waals surface area contributed by atoms with Crippen molar-refractivity contribution >= 4 is 5.95 Å². The second kappa shape index (κ2) is 6.27. The first-order valence-electron chi connectivity index (χ1n) is 5.43. The highest BCUT2D eigenvalue weighted by molar-refractivity contribution is 5.26. The summed E-state index contributed by atoms with van der Waals surface area (Å²) in [7, 11) is 3.70. The van der Waals surface area contributed by atoms with Gasteiger partial charge in [0.25, 0.3) is 0 Å². The Morgan fingerprint density at radius 3 is 2.50 bits per heavy atom. The molecule has 5 heteroatoms. The fourth-order valence-corrected chi connectivity index (χ4v) is 1.12. The standard InChI is InChI=1S/C11H20N4O/c1-9(2)15(3)6-5-12-11-13-7-10(16-4)8-14-11/h7-9H,5-6H2,1-4H3,(H,12,13,14). The Balaban J connectivity index is 2.31. The van der Waals surface area contributed by atoms with E-state index >= 15 is 0 Å². The number of nitrogens with zero attached hydrogens (tertiary/aromatic N) is 3. The summed E-state index contributed by atoms with van der Waals surface area (Å²) in [4.78, 5) is 10.5. The van der Waals surface area contributed by atoms with Crippen LogP contribution in [0.2, 0.25) is 0 Å². The Bertz CT molecular complexity index is 299. The van der Waals surface area contributed by atoms with Gasteiger partial charge in [0.05, 0.1) is 19.5 Å². The van der Waals surface area contributed by atoms with Crippen molar-refractivity contribution in [3.05, 3.63) is 12.4 Å². The molecule has 0 aliphatic rings. The van der Waals surface area contributed by atoms with Crippen molar-refractivity contribution in [2.75, 3.05) is 32.6 Å². The molecule has 1 aromatic heterocycles. The molecule has 0 unspecified atom stereocenters. The largest absolute Gasteiger partial charge is 0.494 e. The highest BCUT2D eigenvalue weighted by Gasteiger charge is 2.02. The maximum Gasteiger partial charge on any atom is 0.222 e. The normalized spacial score (nSPS) is 10.9. The van der Waals surface area contributed by atoms with Crippen molar-refractivity contribution in [2.24, 2.45) is 0 Å². The molecule has 0 saturated carbocycles. The molecular weight excluding hydrogens is 204 g/mol. The fourth-order valence-electron chi connectivity index (χ4n) is 1.12. The van der Waals surface area contributed by atoms with Crippen LogP contribution in [0.4, 0.5) is 5.95 Å². The fraction of sp³-hybridized carbons (Fsp3) is 0.636. The second-order valence-corrected chi connectivity index (χ2v) is 3.95. The topological polar surface area (TPSA) is 50.3 Å². The lowest BCUT2D eigenvalue weighted by Gasteiger charge is -2.20. The highest BCUT2D eigenvalue weighted by Crippen LogP contribution is 2.06. The van der Waals surface area contributed by atoms with E-state index in [0.717, 1.165) is 13.1 Å². The van der Waals surface area contributed by atoms with E-state index in [1.807, 2.05) is 0 Å². The van der Waals surface area contributed by atoms with E-state index < -0.39 is 0 Å². The minimum atomic E-state index is 0.554. The zero-order chi connectivity index (χ0) is 12.0. The van der Waals surface area contributed by atoms with E-state index in [-0.39, 0.29) is 0 Å². The van der Waals surface area contributed by atoms with Crippen LogP contribution in [0.1, 0.15) is 13.8 Å². The number of aromatic nitrogens is 2. The van der Waals surface area contributed by atoms with Crippen LogP contribution in [0.25, 0.3) is 0 Å². The molecule has 90 valence electrons. The third-order valence-corrected chi connectivity index (χ3v) is 2.49. The molecule has 5 nitrogen and oxygen atoms in total. The van der Waals surface area contributed by atoms with Gasteiger partial charge in [-0.1, -0.05) is 0 Å². The molecule has 16 heavy (non-hydrogen) atoms. The van der Waals surface area contributed by atoms with Gasteiger partial charge >= 0.3 is 0 Å². The lowest BCUT2D eigenvalue weighted by atomic mass is 10.3. The number of anilines is 1. The third kappa shape index (κ3) is 4.02. The SMILES string of the molecule is COc1cnc(NCCN(C)C(C)C)nc1. The number of hydrogen-bond donors (Lipinski definition) is 1. The zero-order valence-corrected chi connectivity index (χ0v) is 10.4. The van der Waals surface area contributed by atoms with Crippen molar-refractivity contribution in [2.45, 2.75) is 19.9 Å². The average Bonchev–Trinajstić information content (AvgIpc) is 2.29. The summed E-state index contributed by atoms with van der Waals surface area (Å²) in [5.41, 5.74) is 0. The van der Waals surface area contributed by atoms with Crippen molar-refractivity contribution < 1.29 is 4.74 Å². The van der Waals surface area contributed by atoms with Gasteiger partial charge in [-0.15, -0.1) is 0 Å². The van der Waals surface area contributed by atoms with E-state index in [1.54, 1.807) is 19.5 Å². The number of hydrogen-bond acceptors (Lipinski definition) is 5. The molecule has 1 aromatic rings. The lowest BCUT2D eigenvalue weighted by molar-refractivity contribution is 0.284. The van der Waals surface area contributed by atoms with Gasteiger partial charge in [-0.3, -0.25) is 0 Å². The van der Waals surface area contributed by atoms with E-state index in [4.69, 9.17) is 4.74 Å². The Kier molecular flexibility index (Phi) is 4.98. The quantitative estimate of drug-likeness (QED) is 0.787. The second-order valence-electron chi connectivity index (χ2n) is 3.95. The molecular formula is C11H20N4O. The number of likely N-dealkylation sites (N-methyl/N-ethyl adjacent to an activating group) is 1. The van der Waals surface area contributed by atoms with Crippen LogP contribution in [-0.2, 0) is 0 Å². The molecule has 0 amide bonds. The molecule has 0 fully saturated rings. The van der Waals surface area contributed by atoms with Crippen LogP contribution in [0.5, 0.6) is 5.75 Å². The zero-order valence-electron chi connectivity index (χ0n) is 10.4. The molecule has 1 rings (SSSR count). The van der Waals surface area contributed by atoms with Gasteiger partial charge in [0.2, 0.25) is 5.95 Å². The van der Waals surface area contributed by atoms with Gasteiger partial charge in [0.1, 0.15) is 0 Å². The molecule has 0 atom stereocenters. The molecule has 0 aromatic carbocycles. The summed E-state index contributed by atoms with van der Waals surface area (Å²) < 4.78 is 4.98. The minimum Gasteiger partial charge on any atom is -0.494 e. The van der Waals surface area contributed by atoms with Gasteiger partial charge in [0.15, 0.2) is 5.75 Å². The predicted molar refractivity (Wildman–Crippen MR) is 64.8 cm³/mol. The van der Waals surface area contributed by atoms with Crippen molar-refractivity contribution in [3.8, 4) is 5.75 Å². The number of methoxy groups -OCH3 is 1. The highest BCUT2D eigenvalue weighted by atomic mass is 16.5. The Labute approximate surface area is 96.8 Å². The first-order chi connectivity index (χ1) is 7.63. The number of ether oxygens (including phenoxy) is 1. The average molecular weight is 224 g/mol. The molecule has 0 spiro atoms. The van der Waals surface area contributed by atoms with Gasteiger partial charge in [0, 0.05) is 19.1 Å². The van der Waals surface area contributed by atoms with Gasteiger partial charge in [-0.05, 0) is 20.9 Å². The Hall–Kier alpha value is -1.36. The molecule has 0 radical (unpaired) electrons. The van der Waals surface area contributed by atoms with Crippen molar-refractivity contribution in [1.82, 2.24) is 14.9 Å². The van der Waals surface area contributed by atoms with Crippen LogP contribution < -0.4 is 10.1 Å². The number of nitrogens with one attached hydrogen (secondary N) is 1. The Morgan fingerprint density at radius 2 is 2.00 bits per heavy atom. The first-order valence-corrected chi connectivity index (χ1v) is 5.43. The van der Waals surface area contributed by atoms with Crippen LogP contribution >= 0.6 is 0 Å².